The first kappa shape index (κ1) is 17.9. The number of nitrogens with one attached hydrogen (secondary N) is 1. The molecule has 1 saturated carbocycles. The van der Waals surface area contributed by atoms with Gasteiger partial charge in [-0.15, -0.1) is 12.4 Å². The second-order valence-corrected chi connectivity index (χ2v) is 5.29. The van der Waals surface area contributed by atoms with Gasteiger partial charge in [-0.05, 0) is 37.0 Å². The summed E-state index contributed by atoms with van der Waals surface area (Å²) >= 11 is 0. The Hall–Kier alpha value is -1.17. The Morgan fingerprint density at radius 3 is 2.62 bits per heavy atom. The molecule has 0 bridgehead atoms. The maximum absolute atomic E-state index is 12.9. The van der Waals surface area contributed by atoms with E-state index in [-0.39, 0.29) is 42.2 Å². The van der Waals surface area contributed by atoms with Gasteiger partial charge >= 0.3 is 0 Å². The quantitative estimate of drug-likeness (QED) is 0.875. The van der Waals surface area contributed by atoms with Crippen LogP contribution in [0.3, 0.4) is 0 Å². The molecular weight excluding hydrogens is 295 g/mol. The number of halogens is 2. The van der Waals surface area contributed by atoms with Crippen LogP contribution in [0.2, 0.25) is 0 Å². The lowest BCUT2D eigenvalue weighted by Crippen LogP contribution is -2.34. The van der Waals surface area contributed by atoms with Gasteiger partial charge in [-0.3, -0.25) is 4.79 Å². The summed E-state index contributed by atoms with van der Waals surface area (Å²) in [4.78, 5) is 12.0. The molecule has 0 spiro atoms. The van der Waals surface area contributed by atoms with Crippen LogP contribution in [0.25, 0.3) is 0 Å². The first-order chi connectivity index (χ1) is 9.60. The van der Waals surface area contributed by atoms with Crippen LogP contribution < -0.4 is 11.1 Å². The number of carbonyl (C=O) groups is 1. The molecule has 118 valence electrons. The Balaban J connectivity index is 0.00000220. The van der Waals surface area contributed by atoms with E-state index in [9.17, 15) is 9.18 Å². The van der Waals surface area contributed by atoms with Crippen LogP contribution in [0.4, 0.5) is 4.39 Å². The van der Waals surface area contributed by atoms with Gasteiger partial charge in [0.1, 0.15) is 5.82 Å². The van der Waals surface area contributed by atoms with Crippen LogP contribution in [0.15, 0.2) is 24.3 Å². The van der Waals surface area contributed by atoms with E-state index >= 15 is 0 Å². The number of rotatable bonds is 5. The van der Waals surface area contributed by atoms with E-state index < -0.39 is 0 Å². The molecule has 21 heavy (non-hydrogen) atoms. The molecule has 1 aromatic rings. The molecule has 1 aliphatic rings. The van der Waals surface area contributed by atoms with Gasteiger partial charge in [-0.1, -0.05) is 12.1 Å². The van der Waals surface area contributed by atoms with Crippen LogP contribution in [-0.4, -0.2) is 25.6 Å². The van der Waals surface area contributed by atoms with Crippen molar-refractivity contribution in [3.05, 3.63) is 35.6 Å². The molecule has 1 fully saturated rings. The van der Waals surface area contributed by atoms with Gasteiger partial charge in [0.25, 0.3) is 0 Å². The van der Waals surface area contributed by atoms with Crippen molar-refractivity contribution in [2.75, 3.05) is 13.7 Å². The normalized spacial score (nSPS) is 22.4. The zero-order valence-electron chi connectivity index (χ0n) is 12.0. The summed E-state index contributed by atoms with van der Waals surface area (Å²) in [6.45, 7) is 0.382. The number of amides is 1. The molecule has 3 atom stereocenters. The second-order valence-electron chi connectivity index (χ2n) is 5.29. The molecule has 3 unspecified atom stereocenters. The molecule has 0 aliphatic heterocycles. The molecule has 0 radical (unpaired) electrons. The fourth-order valence-electron chi connectivity index (χ4n) is 2.61. The van der Waals surface area contributed by atoms with Crippen molar-refractivity contribution in [3.8, 4) is 0 Å². The largest absolute Gasteiger partial charge is 0.375 e. The molecule has 1 aromatic carbocycles. The van der Waals surface area contributed by atoms with Gasteiger partial charge in [0.05, 0.1) is 6.10 Å². The third-order valence-corrected chi connectivity index (χ3v) is 3.83. The highest BCUT2D eigenvalue weighted by Crippen LogP contribution is 2.24. The average molecular weight is 317 g/mol. The minimum Gasteiger partial charge on any atom is -0.375 e. The van der Waals surface area contributed by atoms with Gasteiger partial charge in [-0.2, -0.15) is 0 Å². The van der Waals surface area contributed by atoms with Crippen molar-refractivity contribution in [1.82, 2.24) is 5.32 Å². The van der Waals surface area contributed by atoms with Gasteiger partial charge in [0.2, 0.25) is 5.91 Å². The summed E-state index contributed by atoms with van der Waals surface area (Å²) in [5.41, 5.74) is 6.65. The van der Waals surface area contributed by atoms with E-state index in [0.29, 0.717) is 6.54 Å². The fourth-order valence-corrected chi connectivity index (χ4v) is 2.61. The molecule has 4 nitrogen and oxygen atoms in total. The number of methoxy groups -OCH3 is 1. The Bertz CT molecular complexity index is 455. The van der Waals surface area contributed by atoms with Crippen molar-refractivity contribution >= 4 is 18.3 Å². The van der Waals surface area contributed by atoms with Gasteiger partial charge in [0, 0.05) is 25.6 Å². The first-order valence-electron chi connectivity index (χ1n) is 6.91. The number of benzene rings is 1. The Morgan fingerprint density at radius 1 is 1.43 bits per heavy atom. The van der Waals surface area contributed by atoms with Crippen molar-refractivity contribution < 1.29 is 13.9 Å². The van der Waals surface area contributed by atoms with E-state index in [1.54, 1.807) is 19.2 Å². The molecule has 0 heterocycles. The third kappa shape index (κ3) is 4.95. The molecule has 1 aliphatic carbocycles. The standard InChI is InChI=1S/C15H21FN2O2.ClH/c1-20-14(10-2-5-12(16)6-3-10)9-18-15(19)11-4-7-13(17)8-11;/h2-3,5-6,11,13-14H,4,7-9,17H2,1H3,(H,18,19);1H. The zero-order chi connectivity index (χ0) is 14.5. The summed E-state index contributed by atoms with van der Waals surface area (Å²) in [6.07, 6.45) is 2.24. The van der Waals surface area contributed by atoms with Crippen molar-refractivity contribution in [3.63, 3.8) is 0 Å². The molecular formula is C15H22ClFN2O2. The minimum absolute atomic E-state index is 0. The molecule has 0 aromatic heterocycles. The lowest BCUT2D eigenvalue weighted by atomic mass is 10.1. The van der Waals surface area contributed by atoms with Crippen LogP contribution in [0, 0.1) is 11.7 Å². The number of ether oxygens (including phenoxy) is 1. The highest BCUT2D eigenvalue weighted by Gasteiger charge is 2.28. The van der Waals surface area contributed by atoms with Crippen molar-refractivity contribution in [2.24, 2.45) is 11.7 Å². The highest BCUT2D eigenvalue weighted by atomic mass is 35.5. The van der Waals surface area contributed by atoms with Crippen LogP contribution in [-0.2, 0) is 9.53 Å². The summed E-state index contributed by atoms with van der Waals surface area (Å²) in [5.74, 6) is -0.245. The van der Waals surface area contributed by atoms with Gasteiger partial charge in [-0.25, -0.2) is 4.39 Å². The van der Waals surface area contributed by atoms with Gasteiger partial charge in [0.15, 0.2) is 0 Å². The summed E-state index contributed by atoms with van der Waals surface area (Å²) in [5, 5.41) is 2.90. The Morgan fingerprint density at radius 2 is 2.10 bits per heavy atom. The fraction of sp³-hybridized carbons (Fsp3) is 0.533. The molecule has 2 rings (SSSR count). The summed E-state index contributed by atoms with van der Waals surface area (Å²) < 4.78 is 18.2. The third-order valence-electron chi connectivity index (χ3n) is 3.83. The van der Waals surface area contributed by atoms with Crippen LogP contribution in [0.5, 0.6) is 0 Å². The number of hydrogen-bond donors (Lipinski definition) is 2. The maximum Gasteiger partial charge on any atom is 0.223 e. The van der Waals surface area contributed by atoms with E-state index in [2.05, 4.69) is 5.32 Å². The van der Waals surface area contributed by atoms with E-state index in [1.807, 2.05) is 0 Å². The molecule has 1 amide bonds. The molecule has 6 heteroatoms. The smallest absolute Gasteiger partial charge is 0.223 e. The topological polar surface area (TPSA) is 64.3 Å². The number of nitrogens with two attached hydrogens (primary N) is 1. The molecule has 0 saturated heterocycles. The van der Waals surface area contributed by atoms with Crippen molar-refractivity contribution in [2.45, 2.75) is 31.4 Å². The van der Waals surface area contributed by atoms with E-state index in [4.69, 9.17) is 10.5 Å². The highest BCUT2D eigenvalue weighted by molar-refractivity contribution is 5.85. The lowest BCUT2D eigenvalue weighted by molar-refractivity contribution is -0.125. The number of hydrogen-bond acceptors (Lipinski definition) is 3. The predicted molar refractivity (Wildman–Crippen MR) is 81.7 cm³/mol. The average Bonchev–Trinajstić information content (AvgIpc) is 2.88. The SMILES string of the molecule is COC(CNC(=O)C1CCC(N)C1)c1ccc(F)cc1.Cl. The van der Waals surface area contributed by atoms with Crippen LogP contribution >= 0.6 is 12.4 Å². The second kappa shape index (κ2) is 8.32. The minimum atomic E-state index is -0.285. The summed E-state index contributed by atoms with van der Waals surface area (Å²) in [6, 6.07) is 6.25. The maximum atomic E-state index is 12.9. The van der Waals surface area contributed by atoms with Crippen molar-refractivity contribution in [1.29, 1.82) is 0 Å². The first-order valence-corrected chi connectivity index (χ1v) is 6.91. The van der Waals surface area contributed by atoms with Crippen LogP contribution in [0.1, 0.15) is 30.9 Å². The van der Waals surface area contributed by atoms with Gasteiger partial charge < -0.3 is 15.8 Å². The van der Waals surface area contributed by atoms with E-state index in [0.717, 1.165) is 24.8 Å². The lowest BCUT2D eigenvalue weighted by Gasteiger charge is -2.18. The Kier molecular flexibility index (Phi) is 7.08. The summed E-state index contributed by atoms with van der Waals surface area (Å²) in [7, 11) is 1.58. The monoisotopic (exact) mass is 316 g/mol. The zero-order valence-corrected chi connectivity index (χ0v) is 12.9. The van der Waals surface area contributed by atoms with E-state index in [1.165, 1.54) is 12.1 Å². The molecule has 3 N–H and O–H groups in total. The number of carbonyl (C=O) groups excluding carboxylic acids is 1. The predicted octanol–water partition coefficient (Wildman–Crippen LogP) is 2.18. The Labute approximate surface area is 130 Å².